The number of fused-ring (bicyclic) bond motifs is 1. The Balaban J connectivity index is 2.38. The van der Waals surface area contributed by atoms with Crippen LogP contribution in [0.5, 0.6) is 5.75 Å². The van der Waals surface area contributed by atoms with Crippen molar-refractivity contribution in [2.75, 3.05) is 7.11 Å². The van der Waals surface area contributed by atoms with E-state index in [1.807, 2.05) is 25.1 Å². The molecule has 1 heterocycles. The van der Waals surface area contributed by atoms with Crippen LogP contribution >= 0.6 is 0 Å². The van der Waals surface area contributed by atoms with Gasteiger partial charge in [0.1, 0.15) is 5.75 Å². The van der Waals surface area contributed by atoms with Gasteiger partial charge in [-0.25, -0.2) is 0 Å². The summed E-state index contributed by atoms with van der Waals surface area (Å²) in [4.78, 5) is 0. The Morgan fingerprint density at radius 1 is 1.50 bits per heavy atom. The van der Waals surface area contributed by atoms with E-state index in [1.165, 1.54) is 5.56 Å². The number of benzene rings is 1. The second kappa shape index (κ2) is 3.59. The lowest BCUT2D eigenvalue weighted by molar-refractivity contribution is 0.0212. The molecule has 2 atom stereocenters. The molecule has 2 N–H and O–H groups in total. The zero-order chi connectivity index (χ0) is 10.1. The Kier molecular flexibility index (Phi) is 2.44. The second-order valence-corrected chi connectivity index (χ2v) is 3.61. The minimum Gasteiger partial charge on any atom is -0.497 e. The van der Waals surface area contributed by atoms with Crippen molar-refractivity contribution in [1.29, 1.82) is 0 Å². The number of methoxy groups -OCH3 is 1. The highest BCUT2D eigenvalue weighted by Gasteiger charge is 2.23. The molecule has 14 heavy (non-hydrogen) atoms. The summed E-state index contributed by atoms with van der Waals surface area (Å²) >= 11 is 0. The van der Waals surface area contributed by atoms with Gasteiger partial charge in [0.2, 0.25) is 0 Å². The van der Waals surface area contributed by atoms with Crippen molar-refractivity contribution in [2.45, 2.75) is 25.7 Å². The summed E-state index contributed by atoms with van der Waals surface area (Å²) in [5.74, 6) is 0.856. The fourth-order valence-electron chi connectivity index (χ4n) is 1.74. The number of hydrogen-bond acceptors (Lipinski definition) is 3. The third kappa shape index (κ3) is 1.49. The Morgan fingerprint density at radius 3 is 3.00 bits per heavy atom. The molecule has 1 unspecified atom stereocenters. The average Bonchev–Trinajstić information content (AvgIpc) is 2.23. The van der Waals surface area contributed by atoms with Crippen molar-refractivity contribution in [1.82, 2.24) is 0 Å². The summed E-state index contributed by atoms with van der Waals surface area (Å²) in [5, 5.41) is 0. The van der Waals surface area contributed by atoms with Gasteiger partial charge in [0.15, 0.2) is 0 Å². The molecule has 3 nitrogen and oxygen atoms in total. The molecule has 0 radical (unpaired) electrons. The molecular weight excluding hydrogens is 178 g/mol. The molecule has 1 aliphatic rings. The smallest absolute Gasteiger partial charge is 0.119 e. The molecule has 1 aromatic rings. The van der Waals surface area contributed by atoms with Gasteiger partial charge in [-0.2, -0.15) is 0 Å². The lowest BCUT2D eigenvalue weighted by Crippen LogP contribution is -2.31. The number of nitrogens with two attached hydrogens (primary N) is 1. The fourth-order valence-corrected chi connectivity index (χ4v) is 1.74. The molecule has 76 valence electrons. The summed E-state index contributed by atoms with van der Waals surface area (Å²) in [5.41, 5.74) is 8.32. The van der Waals surface area contributed by atoms with Crippen LogP contribution in [0.4, 0.5) is 0 Å². The topological polar surface area (TPSA) is 44.5 Å². The third-order valence-corrected chi connectivity index (χ3v) is 2.72. The number of ether oxygens (including phenoxy) is 2. The highest BCUT2D eigenvalue weighted by Crippen LogP contribution is 2.30. The highest BCUT2D eigenvalue weighted by molar-refractivity contribution is 5.38. The van der Waals surface area contributed by atoms with Gasteiger partial charge in [0.05, 0.1) is 25.9 Å². The molecule has 1 aromatic carbocycles. The Labute approximate surface area is 83.8 Å². The quantitative estimate of drug-likeness (QED) is 0.737. The van der Waals surface area contributed by atoms with Gasteiger partial charge in [0, 0.05) is 0 Å². The van der Waals surface area contributed by atoms with Crippen LogP contribution in [-0.4, -0.2) is 13.2 Å². The summed E-state index contributed by atoms with van der Waals surface area (Å²) < 4.78 is 10.7. The predicted molar refractivity (Wildman–Crippen MR) is 54.2 cm³/mol. The molecular formula is C11H15NO2. The van der Waals surface area contributed by atoms with Crippen LogP contribution in [0.15, 0.2) is 18.2 Å². The molecule has 0 fully saturated rings. The van der Waals surface area contributed by atoms with Crippen molar-refractivity contribution in [3.63, 3.8) is 0 Å². The van der Waals surface area contributed by atoms with E-state index in [4.69, 9.17) is 15.2 Å². The van der Waals surface area contributed by atoms with E-state index in [9.17, 15) is 0 Å². The summed E-state index contributed by atoms with van der Waals surface area (Å²) in [7, 11) is 1.66. The minimum atomic E-state index is -0.0235. The Hall–Kier alpha value is -1.06. The first-order valence-electron chi connectivity index (χ1n) is 4.76. The van der Waals surface area contributed by atoms with Gasteiger partial charge in [-0.1, -0.05) is 6.07 Å². The third-order valence-electron chi connectivity index (χ3n) is 2.72. The first kappa shape index (κ1) is 9.49. The normalized spacial score (nSPS) is 25.6. The number of rotatable bonds is 1. The standard InChI is InChI=1S/C11H15NO2/c1-7-11(12)10-4-3-9(13-2)5-8(10)6-14-7/h3-5,7,11H,6,12H2,1-2H3/t7-,11?/m0/s1. The van der Waals surface area contributed by atoms with Crippen LogP contribution in [0.1, 0.15) is 24.1 Å². The molecule has 0 spiro atoms. The molecule has 1 aliphatic heterocycles. The van der Waals surface area contributed by atoms with Crippen LogP contribution in [0.25, 0.3) is 0 Å². The van der Waals surface area contributed by atoms with Crippen LogP contribution in [-0.2, 0) is 11.3 Å². The highest BCUT2D eigenvalue weighted by atomic mass is 16.5. The molecule has 0 aliphatic carbocycles. The first-order chi connectivity index (χ1) is 6.72. The van der Waals surface area contributed by atoms with Crippen molar-refractivity contribution in [3.8, 4) is 5.75 Å². The molecule has 0 saturated carbocycles. The SMILES string of the molecule is COc1ccc2c(c1)CO[C@@H](C)C2N. The van der Waals surface area contributed by atoms with Gasteiger partial charge >= 0.3 is 0 Å². The van der Waals surface area contributed by atoms with Gasteiger partial charge in [-0.3, -0.25) is 0 Å². The maximum atomic E-state index is 6.02. The number of hydrogen-bond donors (Lipinski definition) is 1. The van der Waals surface area contributed by atoms with Gasteiger partial charge in [-0.05, 0) is 30.2 Å². The van der Waals surface area contributed by atoms with Crippen LogP contribution in [0.2, 0.25) is 0 Å². The molecule has 3 heteroatoms. The Morgan fingerprint density at radius 2 is 2.29 bits per heavy atom. The maximum Gasteiger partial charge on any atom is 0.119 e. The monoisotopic (exact) mass is 193 g/mol. The van der Waals surface area contributed by atoms with E-state index >= 15 is 0 Å². The Bertz CT molecular complexity index is 338. The van der Waals surface area contributed by atoms with Crippen LogP contribution in [0, 0.1) is 0 Å². The molecule has 0 aromatic heterocycles. The van der Waals surface area contributed by atoms with E-state index < -0.39 is 0 Å². The summed E-state index contributed by atoms with van der Waals surface area (Å²) in [6.45, 7) is 2.62. The van der Waals surface area contributed by atoms with Crippen LogP contribution in [0.3, 0.4) is 0 Å². The zero-order valence-corrected chi connectivity index (χ0v) is 8.49. The predicted octanol–water partition coefficient (Wildman–Crippen LogP) is 1.61. The minimum absolute atomic E-state index is 0.0235. The molecule has 0 amide bonds. The van der Waals surface area contributed by atoms with E-state index in [-0.39, 0.29) is 12.1 Å². The fraction of sp³-hybridized carbons (Fsp3) is 0.455. The van der Waals surface area contributed by atoms with E-state index in [2.05, 4.69) is 0 Å². The largest absolute Gasteiger partial charge is 0.497 e. The van der Waals surface area contributed by atoms with Gasteiger partial charge in [-0.15, -0.1) is 0 Å². The van der Waals surface area contributed by atoms with Gasteiger partial charge in [0.25, 0.3) is 0 Å². The van der Waals surface area contributed by atoms with Crippen molar-refractivity contribution >= 4 is 0 Å². The molecule has 0 bridgehead atoms. The first-order valence-corrected chi connectivity index (χ1v) is 4.76. The second-order valence-electron chi connectivity index (χ2n) is 3.61. The molecule has 0 saturated heterocycles. The maximum absolute atomic E-state index is 6.02. The van der Waals surface area contributed by atoms with Crippen molar-refractivity contribution < 1.29 is 9.47 Å². The van der Waals surface area contributed by atoms with Crippen molar-refractivity contribution in [2.24, 2.45) is 5.73 Å². The van der Waals surface area contributed by atoms with E-state index in [0.717, 1.165) is 11.3 Å². The average molecular weight is 193 g/mol. The summed E-state index contributed by atoms with van der Waals surface area (Å²) in [6.07, 6.45) is 0.0934. The lowest BCUT2D eigenvalue weighted by atomic mass is 9.95. The lowest BCUT2D eigenvalue weighted by Gasteiger charge is -2.28. The van der Waals surface area contributed by atoms with Gasteiger partial charge < -0.3 is 15.2 Å². The van der Waals surface area contributed by atoms with E-state index in [1.54, 1.807) is 7.11 Å². The van der Waals surface area contributed by atoms with Crippen molar-refractivity contribution in [3.05, 3.63) is 29.3 Å². The van der Waals surface area contributed by atoms with Crippen LogP contribution < -0.4 is 10.5 Å². The molecule has 2 rings (SSSR count). The zero-order valence-electron chi connectivity index (χ0n) is 8.49. The van der Waals surface area contributed by atoms with E-state index in [0.29, 0.717) is 6.61 Å². The summed E-state index contributed by atoms with van der Waals surface area (Å²) in [6, 6.07) is 5.93.